The minimum atomic E-state index is 0. The molecule has 0 radical (unpaired) electrons. The lowest BCUT2D eigenvalue weighted by molar-refractivity contribution is 0.142. The lowest BCUT2D eigenvalue weighted by Gasteiger charge is -2.23. The molecule has 0 aliphatic carbocycles. The molecule has 0 spiro atoms. The van der Waals surface area contributed by atoms with Crippen LogP contribution in [0.2, 0.25) is 0 Å². The second-order valence-electron chi connectivity index (χ2n) is 6.32. The maximum Gasteiger partial charge on any atom is 0.191 e. The number of guanidine groups is 1. The molecule has 1 aromatic carbocycles. The summed E-state index contributed by atoms with van der Waals surface area (Å²) in [6, 6.07) is 11.2. The Hall–Kier alpha value is -0.860. The molecule has 1 fully saturated rings. The predicted molar refractivity (Wildman–Crippen MR) is 116 cm³/mol. The topological polar surface area (TPSA) is 48.9 Å². The van der Waals surface area contributed by atoms with Crippen molar-refractivity contribution in [1.82, 2.24) is 15.5 Å². The number of halogens is 1. The third-order valence-corrected chi connectivity index (χ3v) is 4.54. The number of methoxy groups -OCH3 is 1. The fourth-order valence-electron chi connectivity index (χ4n) is 3.15. The van der Waals surface area contributed by atoms with Gasteiger partial charge in [-0.05, 0) is 38.8 Å². The number of ether oxygens (including phenoxy) is 1. The van der Waals surface area contributed by atoms with Crippen LogP contribution >= 0.6 is 24.0 Å². The van der Waals surface area contributed by atoms with E-state index in [0.717, 1.165) is 38.7 Å². The lowest BCUT2D eigenvalue weighted by atomic mass is 10.1. The van der Waals surface area contributed by atoms with Crippen molar-refractivity contribution in [2.75, 3.05) is 39.9 Å². The monoisotopic (exact) mass is 460 g/mol. The molecule has 1 aliphatic heterocycles. The number of benzene rings is 1. The van der Waals surface area contributed by atoms with Gasteiger partial charge >= 0.3 is 0 Å². The van der Waals surface area contributed by atoms with Crippen LogP contribution in [0.5, 0.6) is 0 Å². The van der Waals surface area contributed by atoms with Crippen molar-refractivity contribution in [3.05, 3.63) is 35.9 Å². The summed E-state index contributed by atoms with van der Waals surface area (Å²) in [5.41, 5.74) is 1.27. The second kappa shape index (κ2) is 12.5. The maximum absolute atomic E-state index is 5.22. The SMILES string of the molecule is CCNC(=NCC1CCCN1CCOC)NC(C)c1ccccc1.I. The van der Waals surface area contributed by atoms with E-state index in [1.54, 1.807) is 7.11 Å². The molecule has 1 heterocycles. The van der Waals surface area contributed by atoms with Crippen molar-refractivity contribution < 1.29 is 4.74 Å². The van der Waals surface area contributed by atoms with Crippen molar-refractivity contribution in [2.24, 2.45) is 4.99 Å². The van der Waals surface area contributed by atoms with E-state index in [1.807, 2.05) is 6.07 Å². The summed E-state index contributed by atoms with van der Waals surface area (Å²) < 4.78 is 5.22. The largest absolute Gasteiger partial charge is 0.383 e. The first kappa shape index (κ1) is 22.2. The first-order valence-corrected chi connectivity index (χ1v) is 9.07. The third-order valence-electron chi connectivity index (χ3n) is 4.54. The predicted octanol–water partition coefficient (Wildman–Crippen LogP) is 3.03. The standard InChI is InChI=1S/C19H32N4O.HI/c1-4-20-19(22-16(2)17-9-6-5-7-10-17)21-15-18-11-8-12-23(18)13-14-24-3;/h5-7,9-10,16,18H,4,8,11-15H2,1-3H3,(H2,20,21,22);1H. The van der Waals surface area contributed by atoms with E-state index in [1.165, 1.54) is 18.4 Å². The number of rotatable bonds is 8. The van der Waals surface area contributed by atoms with Crippen molar-refractivity contribution in [2.45, 2.75) is 38.8 Å². The number of likely N-dealkylation sites (tertiary alicyclic amines) is 1. The number of hydrogen-bond donors (Lipinski definition) is 2. The van der Waals surface area contributed by atoms with E-state index in [2.05, 4.69) is 53.6 Å². The average Bonchev–Trinajstić information content (AvgIpc) is 3.06. The van der Waals surface area contributed by atoms with Gasteiger partial charge < -0.3 is 15.4 Å². The van der Waals surface area contributed by atoms with Gasteiger partial charge in [-0.2, -0.15) is 0 Å². The van der Waals surface area contributed by atoms with Gasteiger partial charge in [0.2, 0.25) is 0 Å². The first-order chi connectivity index (χ1) is 11.7. The van der Waals surface area contributed by atoms with E-state index in [4.69, 9.17) is 9.73 Å². The summed E-state index contributed by atoms with van der Waals surface area (Å²) in [6.45, 7) is 8.93. The number of hydrogen-bond acceptors (Lipinski definition) is 3. The highest BCUT2D eigenvalue weighted by molar-refractivity contribution is 14.0. The molecule has 1 aliphatic rings. The van der Waals surface area contributed by atoms with Crippen LogP contribution in [0.25, 0.3) is 0 Å². The van der Waals surface area contributed by atoms with Gasteiger partial charge in [0.05, 0.1) is 19.2 Å². The van der Waals surface area contributed by atoms with E-state index in [-0.39, 0.29) is 30.0 Å². The summed E-state index contributed by atoms with van der Waals surface area (Å²) in [5, 5.41) is 6.87. The van der Waals surface area contributed by atoms with Crippen LogP contribution in [0.4, 0.5) is 0 Å². The molecule has 2 N–H and O–H groups in total. The second-order valence-corrected chi connectivity index (χ2v) is 6.32. The van der Waals surface area contributed by atoms with Gasteiger partial charge in [0.1, 0.15) is 0 Å². The minimum absolute atomic E-state index is 0. The molecule has 0 aromatic heterocycles. The van der Waals surface area contributed by atoms with Gasteiger partial charge in [0, 0.05) is 26.2 Å². The molecule has 1 aromatic rings. The van der Waals surface area contributed by atoms with E-state index < -0.39 is 0 Å². The first-order valence-electron chi connectivity index (χ1n) is 9.07. The highest BCUT2D eigenvalue weighted by atomic mass is 127. The van der Waals surface area contributed by atoms with Gasteiger partial charge in [0.25, 0.3) is 0 Å². The molecular weight excluding hydrogens is 427 g/mol. The number of nitrogens with zero attached hydrogens (tertiary/aromatic N) is 2. The van der Waals surface area contributed by atoms with Crippen molar-refractivity contribution in [1.29, 1.82) is 0 Å². The zero-order valence-electron chi connectivity index (χ0n) is 15.7. The zero-order chi connectivity index (χ0) is 17.2. The van der Waals surface area contributed by atoms with Crippen LogP contribution in [0.3, 0.4) is 0 Å². The van der Waals surface area contributed by atoms with E-state index >= 15 is 0 Å². The van der Waals surface area contributed by atoms with Crippen molar-refractivity contribution in [3.8, 4) is 0 Å². The maximum atomic E-state index is 5.22. The highest BCUT2D eigenvalue weighted by Crippen LogP contribution is 2.17. The van der Waals surface area contributed by atoms with Crippen molar-refractivity contribution in [3.63, 3.8) is 0 Å². The summed E-state index contributed by atoms with van der Waals surface area (Å²) in [4.78, 5) is 7.33. The molecule has 0 saturated carbocycles. The smallest absolute Gasteiger partial charge is 0.191 e. The Bertz CT molecular complexity index is 497. The van der Waals surface area contributed by atoms with E-state index in [0.29, 0.717) is 6.04 Å². The Morgan fingerprint density at radius 2 is 2.12 bits per heavy atom. The van der Waals surface area contributed by atoms with Gasteiger partial charge in [-0.1, -0.05) is 30.3 Å². The molecule has 25 heavy (non-hydrogen) atoms. The Kier molecular flexibility index (Phi) is 11.1. The van der Waals surface area contributed by atoms with Gasteiger partial charge in [-0.15, -0.1) is 24.0 Å². The van der Waals surface area contributed by atoms with Crippen LogP contribution in [0.1, 0.15) is 38.3 Å². The molecule has 2 atom stereocenters. The molecule has 6 heteroatoms. The Labute approximate surface area is 169 Å². The Morgan fingerprint density at radius 1 is 1.36 bits per heavy atom. The molecule has 5 nitrogen and oxygen atoms in total. The van der Waals surface area contributed by atoms with Crippen molar-refractivity contribution >= 4 is 29.9 Å². The molecular formula is C19H33IN4O. The van der Waals surface area contributed by atoms with Gasteiger partial charge in [0.15, 0.2) is 5.96 Å². The van der Waals surface area contributed by atoms with Crippen LogP contribution in [0.15, 0.2) is 35.3 Å². The average molecular weight is 460 g/mol. The Morgan fingerprint density at radius 3 is 2.80 bits per heavy atom. The normalized spacial score (nSPS) is 19.3. The third kappa shape index (κ3) is 7.50. The lowest BCUT2D eigenvalue weighted by Crippen LogP contribution is -2.40. The van der Waals surface area contributed by atoms with Crippen LogP contribution in [0, 0.1) is 0 Å². The molecule has 0 amide bonds. The number of aliphatic imine (C=N–C) groups is 1. The fourth-order valence-corrected chi connectivity index (χ4v) is 3.15. The quantitative estimate of drug-likeness (QED) is 0.356. The molecule has 2 unspecified atom stereocenters. The summed E-state index contributed by atoms with van der Waals surface area (Å²) in [6.07, 6.45) is 2.48. The summed E-state index contributed by atoms with van der Waals surface area (Å²) in [5.74, 6) is 0.896. The van der Waals surface area contributed by atoms with Crippen LogP contribution in [-0.4, -0.2) is 56.8 Å². The highest BCUT2D eigenvalue weighted by Gasteiger charge is 2.23. The minimum Gasteiger partial charge on any atom is -0.383 e. The zero-order valence-corrected chi connectivity index (χ0v) is 18.0. The van der Waals surface area contributed by atoms with Crippen LogP contribution in [-0.2, 0) is 4.74 Å². The molecule has 0 bridgehead atoms. The van der Waals surface area contributed by atoms with Gasteiger partial charge in [-0.25, -0.2) is 0 Å². The molecule has 142 valence electrons. The fraction of sp³-hybridized carbons (Fsp3) is 0.632. The number of nitrogens with one attached hydrogen (secondary N) is 2. The van der Waals surface area contributed by atoms with Crippen LogP contribution < -0.4 is 10.6 Å². The summed E-state index contributed by atoms with van der Waals surface area (Å²) >= 11 is 0. The van der Waals surface area contributed by atoms with E-state index in [9.17, 15) is 0 Å². The summed E-state index contributed by atoms with van der Waals surface area (Å²) in [7, 11) is 1.77. The Balaban J connectivity index is 0.00000312. The van der Waals surface area contributed by atoms with Gasteiger partial charge in [-0.3, -0.25) is 9.89 Å². The molecule has 2 rings (SSSR count). The molecule has 1 saturated heterocycles.